The first-order valence-electron chi connectivity index (χ1n) is 5.60. The predicted molar refractivity (Wildman–Crippen MR) is 64.3 cm³/mol. The number of nitrogens with zero attached hydrogens (tertiary/aromatic N) is 1. The van der Waals surface area contributed by atoms with Gasteiger partial charge >= 0.3 is 112 Å². The summed E-state index contributed by atoms with van der Waals surface area (Å²) in [5.41, 5.74) is 4.34. The van der Waals surface area contributed by atoms with Crippen LogP contribution >= 0.6 is 0 Å². The number of rotatable bonds is 0. The molecule has 1 aliphatic heterocycles. The summed E-state index contributed by atoms with van der Waals surface area (Å²) in [5, 5.41) is 0. The number of anilines is 2. The first-order chi connectivity index (χ1) is 7.86. The zero-order valence-electron chi connectivity index (χ0n) is 9.35. The van der Waals surface area contributed by atoms with E-state index in [0.29, 0.717) is 0 Å². The molecule has 3 rings (SSSR count). The van der Waals surface area contributed by atoms with Crippen molar-refractivity contribution in [1.82, 2.24) is 0 Å². The monoisotopic (exact) mass is 284 g/mol. The van der Waals surface area contributed by atoms with E-state index >= 15 is 0 Å². The van der Waals surface area contributed by atoms with Crippen LogP contribution in [0.3, 0.4) is 0 Å². The van der Waals surface area contributed by atoms with Crippen molar-refractivity contribution in [1.29, 1.82) is 0 Å². The molecule has 0 unspecified atom stereocenters. The average Bonchev–Trinajstić information content (AvgIpc) is 2.49. The van der Waals surface area contributed by atoms with E-state index in [4.69, 9.17) is 0 Å². The van der Waals surface area contributed by atoms with Gasteiger partial charge in [-0.3, -0.25) is 0 Å². The number of hydrogen-bond donors (Lipinski definition) is 0. The Balaban J connectivity index is 2.18. The summed E-state index contributed by atoms with van der Waals surface area (Å²) in [6.07, 6.45) is 0. The van der Waals surface area contributed by atoms with E-state index in [1.54, 1.807) is 2.37 Å². The van der Waals surface area contributed by atoms with Crippen molar-refractivity contribution < 1.29 is 29.2 Å². The van der Waals surface area contributed by atoms with Gasteiger partial charge in [-0.2, -0.15) is 0 Å². The van der Waals surface area contributed by atoms with Gasteiger partial charge in [0.05, 0.1) is 0 Å². The summed E-state index contributed by atoms with van der Waals surface area (Å²) in [6.45, 7) is 0. The standard InChI is InChI=1S/C14H13N.Y/c1-12-8-6-7-11-14(12)15(2)13-9-4-3-5-10-13;/h3-9,11H,1H2,2H3;. The molecule has 2 aromatic rings. The van der Waals surface area contributed by atoms with Crippen LogP contribution in [0, 0.1) is 0 Å². The predicted octanol–water partition coefficient (Wildman–Crippen LogP) is 2.68. The summed E-state index contributed by atoms with van der Waals surface area (Å²) >= 11 is -0.637. The fourth-order valence-electron chi connectivity index (χ4n) is 2.33. The Bertz CT molecular complexity index is 474. The second kappa shape index (κ2) is 4.31. The number of fused-ring (bicyclic) bond motifs is 2. The van der Waals surface area contributed by atoms with Gasteiger partial charge in [0.15, 0.2) is 0 Å². The quantitative estimate of drug-likeness (QED) is 0.719. The molecule has 2 aromatic carbocycles. The summed E-state index contributed by atoms with van der Waals surface area (Å²) in [4.78, 5) is 2.35. The summed E-state index contributed by atoms with van der Waals surface area (Å²) < 4.78 is 2.96. The molecule has 1 heterocycles. The molecule has 0 bridgehead atoms. The van der Waals surface area contributed by atoms with Crippen molar-refractivity contribution in [3.8, 4) is 0 Å². The van der Waals surface area contributed by atoms with Crippen LogP contribution < -0.4 is 7.27 Å². The van der Waals surface area contributed by atoms with Crippen LogP contribution in [0.5, 0.6) is 0 Å². The van der Waals surface area contributed by atoms with Crippen LogP contribution in [0.15, 0.2) is 48.5 Å². The van der Waals surface area contributed by atoms with E-state index in [0.717, 1.165) is 0 Å². The molecular weight excluding hydrogens is 271 g/mol. The topological polar surface area (TPSA) is 3.24 Å². The molecule has 0 saturated carbocycles. The van der Waals surface area contributed by atoms with Crippen LogP contribution in [0.2, 0.25) is 0 Å². The van der Waals surface area contributed by atoms with Crippen LogP contribution in [-0.2, 0) is 32.4 Å². The Kier molecular flexibility index (Phi) is 2.83. The minimum absolute atomic E-state index is 0.637. The molecule has 0 saturated heterocycles. The fourth-order valence-corrected chi connectivity index (χ4v) is 6.09. The molecule has 0 radical (unpaired) electrons. The fraction of sp³-hybridized carbons (Fsp3) is 0.143. The van der Waals surface area contributed by atoms with Crippen LogP contribution in [0.1, 0.15) is 5.56 Å². The molecule has 0 fully saturated rings. The molecule has 0 spiro atoms. The molecule has 1 nitrogen and oxygen atoms in total. The third-order valence-corrected chi connectivity index (χ3v) is 7.06. The van der Waals surface area contributed by atoms with Gasteiger partial charge in [0.2, 0.25) is 0 Å². The Labute approximate surface area is 111 Å². The third-order valence-electron chi connectivity index (χ3n) is 3.19. The zero-order valence-corrected chi connectivity index (χ0v) is 12.2. The van der Waals surface area contributed by atoms with E-state index in [1.807, 2.05) is 0 Å². The van der Waals surface area contributed by atoms with Gasteiger partial charge < -0.3 is 0 Å². The molecule has 77 valence electrons. The van der Waals surface area contributed by atoms with Crippen LogP contribution in [0.4, 0.5) is 11.4 Å². The van der Waals surface area contributed by atoms with Gasteiger partial charge in [0.1, 0.15) is 0 Å². The van der Waals surface area contributed by atoms with Gasteiger partial charge in [-0.1, -0.05) is 0 Å². The third kappa shape index (κ3) is 1.72. The zero-order chi connectivity index (χ0) is 11.0. The van der Waals surface area contributed by atoms with Gasteiger partial charge in [-0.05, 0) is 0 Å². The van der Waals surface area contributed by atoms with Crippen LogP contribution in [0.25, 0.3) is 0 Å². The Morgan fingerprint density at radius 1 is 0.938 bits per heavy atom. The van der Waals surface area contributed by atoms with Gasteiger partial charge in [0.25, 0.3) is 0 Å². The second-order valence-corrected chi connectivity index (χ2v) is 7.69. The molecule has 0 aromatic heterocycles. The van der Waals surface area contributed by atoms with Crippen LogP contribution in [-0.4, -0.2) is 7.05 Å². The van der Waals surface area contributed by atoms with E-state index in [9.17, 15) is 0 Å². The molecule has 0 atom stereocenters. The number of para-hydroxylation sites is 2. The first-order valence-corrected chi connectivity index (χ1v) is 9.03. The maximum absolute atomic E-state index is 2.35. The van der Waals surface area contributed by atoms with Crippen molar-refractivity contribution in [2.24, 2.45) is 0 Å². The normalized spacial score (nSPS) is 12.9. The van der Waals surface area contributed by atoms with E-state index in [2.05, 4.69) is 60.5 Å². The SMILES string of the molecule is CN1c2ccccc2[CH2][Y][c]2ccccc21. The molecule has 2 heteroatoms. The first kappa shape index (κ1) is 10.5. The van der Waals surface area contributed by atoms with Crippen molar-refractivity contribution in [3.63, 3.8) is 0 Å². The van der Waals surface area contributed by atoms with Crippen molar-refractivity contribution in [2.75, 3.05) is 11.9 Å². The van der Waals surface area contributed by atoms with Crippen molar-refractivity contribution >= 4 is 13.7 Å². The van der Waals surface area contributed by atoms with E-state index in [1.165, 1.54) is 20.2 Å². The maximum atomic E-state index is 2.35. The van der Waals surface area contributed by atoms with Crippen molar-refractivity contribution in [2.45, 2.75) is 3.23 Å². The number of hydrogen-bond acceptors (Lipinski definition) is 1. The minimum atomic E-state index is -0.637. The Morgan fingerprint density at radius 3 is 2.50 bits per heavy atom. The average molecular weight is 284 g/mol. The summed E-state index contributed by atoms with van der Waals surface area (Å²) in [6, 6.07) is 17.7. The molecule has 0 aliphatic carbocycles. The van der Waals surface area contributed by atoms with E-state index < -0.39 is 29.2 Å². The summed E-state index contributed by atoms with van der Waals surface area (Å²) in [7, 11) is 2.19. The Morgan fingerprint density at radius 2 is 1.62 bits per heavy atom. The molecule has 0 amide bonds. The van der Waals surface area contributed by atoms with E-state index in [-0.39, 0.29) is 0 Å². The summed E-state index contributed by atoms with van der Waals surface area (Å²) in [5.74, 6) is 0. The van der Waals surface area contributed by atoms with Crippen molar-refractivity contribution in [3.05, 3.63) is 54.1 Å². The molecule has 16 heavy (non-hydrogen) atoms. The second-order valence-electron chi connectivity index (χ2n) is 4.15. The van der Waals surface area contributed by atoms with Gasteiger partial charge in [0, 0.05) is 0 Å². The molecular formula is C14H13NY. The number of benzene rings is 2. The van der Waals surface area contributed by atoms with Gasteiger partial charge in [-0.15, -0.1) is 0 Å². The molecule has 0 N–H and O–H groups in total. The Hall–Kier alpha value is -0.656. The molecule has 1 aliphatic rings. The van der Waals surface area contributed by atoms with Gasteiger partial charge in [-0.25, -0.2) is 0 Å².